The maximum absolute atomic E-state index is 12.8. The number of rotatable bonds is 3. The second-order valence-corrected chi connectivity index (χ2v) is 6.93. The van der Waals surface area contributed by atoms with Crippen molar-refractivity contribution >= 4 is 5.91 Å². The molecule has 1 aromatic carbocycles. The van der Waals surface area contributed by atoms with Gasteiger partial charge in [0.15, 0.2) is 11.5 Å². The average molecular weight is 360 g/mol. The highest BCUT2D eigenvalue weighted by Crippen LogP contribution is 2.35. The highest BCUT2D eigenvalue weighted by molar-refractivity contribution is 5.93. The van der Waals surface area contributed by atoms with E-state index in [-0.39, 0.29) is 5.91 Å². The lowest BCUT2D eigenvalue weighted by molar-refractivity contribution is 0.0686. The van der Waals surface area contributed by atoms with E-state index >= 15 is 0 Å². The number of benzene rings is 1. The molecule has 0 aliphatic carbocycles. The predicted octanol–water partition coefficient (Wildman–Crippen LogP) is 3.68. The van der Waals surface area contributed by atoms with Gasteiger partial charge in [-0.2, -0.15) is 10.4 Å². The monoisotopic (exact) mass is 360 g/mol. The van der Waals surface area contributed by atoms with Crippen LogP contribution in [0, 0.1) is 18.3 Å². The molecule has 3 heterocycles. The Bertz CT molecular complexity index is 989. The number of H-pyrrole nitrogens is 1. The van der Waals surface area contributed by atoms with Crippen LogP contribution >= 0.6 is 0 Å². The van der Waals surface area contributed by atoms with Crippen LogP contribution in [-0.2, 0) is 5.41 Å². The zero-order valence-corrected chi connectivity index (χ0v) is 15.1. The number of furan rings is 1. The Morgan fingerprint density at radius 2 is 1.96 bits per heavy atom. The number of hydrogen-bond acceptors (Lipinski definition) is 4. The molecule has 1 aliphatic heterocycles. The van der Waals surface area contributed by atoms with E-state index in [1.54, 1.807) is 11.0 Å². The molecule has 4 rings (SSSR count). The van der Waals surface area contributed by atoms with Gasteiger partial charge in [0.1, 0.15) is 11.5 Å². The van der Waals surface area contributed by atoms with E-state index < -0.39 is 5.41 Å². The molecule has 1 fully saturated rings. The van der Waals surface area contributed by atoms with Crippen LogP contribution in [0.15, 0.2) is 52.9 Å². The minimum atomic E-state index is -0.527. The smallest absolute Gasteiger partial charge is 0.274 e. The standard InChI is InChI=1S/C21H20N4O2/c1-15-7-8-19(27-15)17-13-18(24-23-17)20(26)25-11-9-21(14-22,10-12-25)16-5-3-2-4-6-16/h2-8,13H,9-12H2,1H3,(H,23,24). The lowest BCUT2D eigenvalue weighted by atomic mass is 9.74. The first-order valence-corrected chi connectivity index (χ1v) is 9.00. The summed E-state index contributed by atoms with van der Waals surface area (Å²) in [6.45, 7) is 2.93. The summed E-state index contributed by atoms with van der Waals surface area (Å²) in [6.07, 6.45) is 1.24. The van der Waals surface area contributed by atoms with Crippen LogP contribution in [0.5, 0.6) is 0 Å². The molecule has 0 unspecified atom stereocenters. The van der Waals surface area contributed by atoms with Gasteiger partial charge in [0, 0.05) is 19.2 Å². The molecule has 0 saturated carbocycles. The number of amides is 1. The van der Waals surface area contributed by atoms with Gasteiger partial charge in [-0.05, 0) is 37.5 Å². The molecule has 6 nitrogen and oxygen atoms in total. The molecule has 136 valence electrons. The van der Waals surface area contributed by atoms with Gasteiger partial charge in [-0.3, -0.25) is 9.89 Å². The van der Waals surface area contributed by atoms with Crippen molar-refractivity contribution in [3.63, 3.8) is 0 Å². The second-order valence-electron chi connectivity index (χ2n) is 6.93. The first-order chi connectivity index (χ1) is 13.1. The van der Waals surface area contributed by atoms with Gasteiger partial charge in [-0.15, -0.1) is 0 Å². The number of aryl methyl sites for hydroxylation is 1. The number of carbonyl (C=O) groups excluding carboxylic acids is 1. The van der Waals surface area contributed by atoms with Crippen molar-refractivity contribution in [3.05, 3.63) is 65.5 Å². The van der Waals surface area contributed by atoms with Crippen molar-refractivity contribution in [3.8, 4) is 17.5 Å². The quantitative estimate of drug-likeness (QED) is 0.772. The number of nitrogens with one attached hydrogen (secondary N) is 1. The van der Waals surface area contributed by atoms with Gasteiger partial charge < -0.3 is 9.32 Å². The van der Waals surface area contributed by atoms with Crippen molar-refractivity contribution in [2.75, 3.05) is 13.1 Å². The topological polar surface area (TPSA) is 85.9 Å². The Kier molecular flexibility index (Phi) is 4.28. The SMILES string of the molecule is Cc1ccc(-c2cc(C(=O)N3CCC(C#N)(c4ccccc4)CC3)n[nH]2)o1. The van der Waals surface area contributed by atoms with Crippen molar-refractivity contribution in [1.29, 1.82) is 5.26 Å². The summed E-state index contributed by atoms with van der Waals surface area (Å²) in [5, 5.41) is 16.8. The Labute approximate surface area is 157 Å². The first kappa shape index (κ1) is 17.1. The molecule has 0 atom stereocenters. The number of nitrogens with zero attached hydrogens (tertiary/aromatic N) is 3. The van der Waals surface area contributed by atoms with Crippen molar-refractivity contribution < 1.29 is 9.21 Å². The maximum Gasteiger partial charge on any atom is 0.274 e. The third kappa shape index (κ3) is 3.13. The molecule has 0 spiro atoms. The summed E-state index contributed by atoms with van der Waals surface area (Å²) >= 11 is 0. The molecular weight excluding hydrogens is 340 g/mol. The lowest BCUT2D eigenvalue weighted by Crippen LogP contribution is -2.44. The normalized spacial score (nSPS) is 16.1. The fourth-order valence-corrected chi connectivity index (χ4v) is 3.61. The van der Waals surface area contributed by atoms with Crippen LogP contribution in [0.1, 0.15) is 34.7 Å². The Hall–Kier alpha value is -3.33. The van der Waals surface area contributed by atoms with Crippen molar-refractivity contribution in [1.82, 2.24) is 15.1 Å². The number of aromatic amines is 1. The number of carbonyl (C=O) groups is 1. The highest BCUT2D eigenvalue weighted by Gasteiger charge is 2.38. The Morgan fingerprint density at radius 1 is 1.22 bits per heavy atom. The Morgan fingerprint density at radius 3 is 2.59 bits per heavy atom. The van der Waals surface area contributed by atoms with Gasteiger partial charge >= 0.3 is 0 Å². The number of likely N-dealkylation sites (tertiary alicyclic amines) is 1. The molecule has 1 saturated heterocycles. The van der Waals surface area contributed by atoms with E-state index in [0.717, 1.165) is 11.3 Å². The van der Waals surface area contributed by atoms with Gasteiger partial charge in [0.05, 0.1) is 11.5 Å². The lowest BCUT2D eigenvalue weighted by Gasteiger charge is -2.37. The molecule has 0 radical (unpaired) electrons. The summed E-state index contributed by atoms with van der Waals surface area (Å²) in [7, 11) is 0. The van der Waals surface area contributed by atoms with Gasteiger partial charge in [0.25, 0.3) is 5.91 Å². The van der Waals surface area contributed by atoms with Gasteiger partial charge in [0.2, 0.25) is 0 Å². The molecule has 27 heavy (non-hydrogen) atoms. The molecular formula is C21H20N4O2. The zero-order valence-electron chi connectivity index (χ0n) is 15.1. The molecule has 1 aliphatic rings. The molecule has 1 amide bonds. The summed E-state index contributed by atoms with van der Waals surface area (Å²) < 4.78 is 5.57. The van der Waals surface area contributed by atoms with Crippen molar-refractivity contribution in [2.24, 2.45) is 0 Å². The molecule has 6 heteroatoms. The summed E-state index contributed by atoms with van der Waals surface area (Å²) in [6, 6.07) is 17.8. The van der Waals surface area contributed by atoms with Gasteiger partial charge in [-0.1, -0.05) is 30.3 Å². The number of piperidine rings is 1. The van der Waals surface area contributed by atoms with E-state index in [1.165, 1.54) is 0 Å². The van der Waals surface area contributed by atoms with Crippen molar-refractivity contribution in [2.45, 2.75) is 25.2 Å². The third-order valence-corrected chi connectivity index (χ3v) is 5.25. The molecule has 1 N–H and O–H groups in total. The maximum atomic E-state index is 12.8. The number of nitriles is 1. The zero-order chi connectivity index (χ0) is 18.9. The van der Waals surface area contributed by atoms with Crippen LogP contribution in [0.4, 0.5) is 0 Å². The fourth-order valence-electron chi connectivity index (χ4n) is 3.61. The predicted molar refractivity (Wildman–Crippen MR) is 99.9 cm³/mol. The van der Waals surface area contributed by atoms with Crippen LogP contribution in [-0.4, -0.2) is 34.1 Å². The van der Waals surface area contributed by atoms with E-state index in [9.17, 15) is 10.1 Å². The van der Waals surface area contributed by atoms with E-state index in [2.05, 4.69) is 16.3 Å². The molecule has 3 aromatic rings. The molecule has 2 aromatic heterocycles. The Balaban J connectivity index is 1.48. The third-order valence-electron chi connectivity index (χ3n) is 5.25. The fraction of sp³-hybridized carbons (Fsp3) is 0.286. The van der Waals surface area contributed by atoms with E-state index in [4.69, 9.17) is 4.42 Å². The van der Waals surface area contributed by atoms with Crippen LogP contribution < -0.4 is 0 Å². The number of hydrogen-bond donors (Lipinski definition) is 1. The van der Waals surface area contributed by atoms with Crippen LogP contribution in [0.3, 0.4) is 0 Å². The van der Waals surface area contributed by atoms with Crippen LogP contribution in [0.25, 0.3) is 11.5 Å². The average Bonchev–Trinajstić information content (AvgIpc) is 3.37. The first-order valence-electron chi connectivity index (χ1n) is 9.00. The summed E-state index contributed by atoms with van der Waals surface area (Å²) in [4.78, 5) is 14.6. The molecule has 0 bridgehead atoms. The van der Waals surface area contributed by atoms with Crippen LogP contribution in [0.2, 0.25) is 0 Å². The van der Waals surface area contributed by atoms with E-state index in [1.807, 2.05) is 49.4 Å². The number of aromatic nitrogens is 2. The van der Waals surface area contributed by atoms with E-state index in [0.29, 0.717) is 43.1 Å². The summed E-state index contributed by atoms with van der Waals surface area (Å²) in [5.74, 6) is 1.34. The summed E-state index contributed by atoms with van der Waals surface area (Å²) in [5.41, 5.74) is 1.54. The second kappa shape index (κ2) is 6.76. The van der Waals surface area contributed by atoms with Gasteiger partial charge in [-0.25, -0.2) is 0 Å². The highest BCUT2D eigenvalue weighted by atomic mass is 16.3. The minimum absolute atomic E-state index is 0.125. The minimum Gasteiger partial charge on any atom is -0.460 e. The largest absolute Gasteiger partial charge is 0.460 e.